The zero-order valence-electron chi connectivity index (χ0n) is 12.3. The first kappa shape index (κ1) is 14.9. The Morgan fingerprint density at radius 1 is 1.45 bits per heavy atom. The van der Waals surface area contributed by atoms with E-state index < -0.39 is 11.4 Å². The topological polar surface area (TPSA) is 58.7 Å². The molecule has 1 heterocycles. The molecule has 1 aliphatic rings. The second-order valence-corrected chi connectivity index (χ2v) is 6.03. The summed E-state index contributed by atoms with van der Waals surface area (Å²) >= 11 is 0. The van der Waals surface area contributed by atoms with Crippen LogP contribution in [0.15, 0.2) is 12.1 Å². The van der Waals surface area contributed by atoms with E-state index in [1.807, 2.05) is 25.7 Å². The fraction of sp³-hybridized carbons (Fsp3) is 0.600. The number of piperidine rings is 1. The summed E-state index contributed by atoms with van der Waals surface area (Å²) in [4.78, 5) is 1.99. The molecule has 1 fully saturated rings. The van der Waals surface area contributed by atoms with E-state index in [1.165, 1.54) is 6.07 Å². The van der Waals surface area contributed by atoms with Crippen molar-refractivity contribution in [1.82, 2.24) is 0 Å². The molecule has 1 aromatic carbocycles. The van der Waals surface area contributed by atoms with E-state index in [0.717, 1.165) is 25.1 Å². The van der Waals surface area contributed by atoms with Crippen molar-refractivity contribution in [1.29, 1.82) is 0 Å². The third kappa shape index (κ3) is 3.33. The van der Waals surface area contributed by atoms with Crippen LogP contribution in [0.3, 0.4) is 0 Å². The summed E-state index contributed by atoms with van der Waals surface area (Å²) in [6, 6.07) is 2.92. The van der Waals surface area contributed by atoms with Gasteiger partial charge in [0.1, 0.15) is 0 Å². The van der Waals surface area contributed by atoms with Gasteiger partial charge in [-0.2, -0.15) is 0 Å². The molecule has 0 saturated carbocycles. The summed E-state index contributed by atoms with van der Waals surface area (Å²) in [5.74, 6) is -0.252. The van der Waals surface area contributed by atoms with Crippen molar-refractivity contribution in [2.45, 2.75) is 45.3 Å². The van der Waals surface area contributed by atoms with E-state index >= 15 is 0 Å². The lowest BCUT2D eigenvalue weighted by Gasteiger charge is -2.38. The van der Waals surface area contributed by atoms with Gasteiger partial charge in [-0.3, -0.25) is 0 Å². The van der Waals surface area contributed by atoms with E-state index in [4.69, 9.17) is 10.5 Å². The fourth-order valence-electron chi connectivity index (χ4n) is 2.60. The Kier molecular flexibility index (Phi) is 4.09. The summed E-state index contributed by atoms with van der Waals surface area (Å²) in [7, 11) is 0. The van der Waals surface area contributed by atoms with Gasteiger partial charge in [0.2, 0.25) is 0 Å². The van der Waals surface area contributed by atoms with Crippen LogP contribution in [0.5, 0.6) is 5.75 Å². The quantitative estimate of drug-likeness (QED) is 0.837. The molecule has 112 valence electrons. The molecule has 0 aliphatic carbocycles. The van der Waals surface area contributed by atoms with Crippen molar-refractivity contribution in [2.75, 3.05) is 23.7 Å². The third-order valence-electron chi connectivity index (χ3n) is 3.46. The lowest BCUT2D eigenvalue weighted by molar-refractivity contribution is 0.0449. The number of nitrogens with two attached hydrogens (primary N) is 1. The highest BCUT2D eigenvalue weighted by atomic mass is 19.1. The summed E-state index contributed by atoms with van der Waals surface area (Å²) in [6.45, 7) is 6.80. The van der Waals surface area contributed by atoms with Crippen molar-refractivity contribution in [3.05, 3.63) is 17.9 Å². The molecule has 5 heteroatoms. The summed E-state index contributed by atoms with van der Waals surface area (Å²) in [5, 5.41) is 10.2. The molecule has 20 heavy (non-hydrogen) atoms. The standard InChI is InChI=1S/C15H23FN2O2/c1-10(2)20-14-8-13(12(17)7-11(14)16)18-6-4-5-15(3,19)9-18/h7-8,10,19H,4-6,9,17H2,1-3H3. The minimum atomic E-state index is -0.738. The zero-order valence-corrected chi connectivity index (χ0v) is 12.3. The van der Waals surface area contributed by atoms with Crippen LogP contribution in [0, 0.1) is 5.82 Å². The van der Waals surface area contributed by atoms with E-state index in [1.54, 1.807) is 6.07 Å². The van der Waals surface area contributed by atoms with Crippen LogP contribution >= 0.6 is 0 Å². The molecule has 2 rings (SSSR count). The van der Waals surface area contributed by atoms with Crippen LogP contribution in [0.4, 0.5) is 15.8 Å². The van der Waals surface area contributed by atoms with Gasteiger partial charge in [-0.05, 0) is 33.6 Å². The van der Waals surface area contributed by atoms with Gasteiger partial charge in [0.25, 0.3) is 0 Å². The van der Waals surface area contributed by atoms with Gasteiger partial charge in [0.15, 0.2) is 11.6 Å². The highest BCUT2D eigenvalue weighted by Gasteiger charge is 2.29. The maximum atomic E-state index is 13.8. The van der Waals surface area contributed by atoms with Gasteiger partial charge in [-0.15, -0.1) is 0 Å². The highest BCUT2D eigenvalue weighted by Crippen LogP contribution is 2.34. The first-order valence-corrected chi connectivity index (χ1v) is 7.01. The molecule has 4 nitrogen and oxygen atoms in total. The predicted molar refractivity (Wildman–Crippen MR) is 78.6 cm³/mol. The molecule has 1 saturated heterocycles. The van der Waals surface area contributed by atoms with Gasteiger partial charge >= 0.3 is 0 Å². The number of nitrogen functional groups attached to an aromatic ring is 1. The lowest BCUT2D eigenvalue weighted by Crippen LogP contribution is -2.46. The van der Waals surface area contributed by atoms with Gasteiger partial charge in [-0.25, -0.2) is 4.39 Å². The Bertz CT molecular complexity index is 489. The lowest BCUT2D eigenvalue weighted by atomic mass is 9.94. The van der Waals surface area contributed by atoms with Crippen molar-refractivity contribution >= 4 is 11.4 Å². The normalized spacial score (nSPS) is 23.2. The fourth-order valence-corrected chi connectivity index (χ4v) is 2.60. The average molecular weight is 282 g/mol. The maximum absolute atomic E-state index is 13.8. The number of benzene rings is 1. The third-order valence-corrected chi connectivity index (χ3v) is 3.46. The number of nitrogens with zero attached hydrogens (tertiary/aromatic N) is 1. The van der Waals surface area contributed by atoms with Crippen LogP contribution in [0.2, 0.25) is 0 Å². The molecule has 0 aromatic heterocycles. The number of anilines is 2. The first-order valence-electron chi connectivity index (χ1n) is 7.01. The van der Waals surface area contributed by atoms with Crippen molar-refractivity contribution < 1.29 is 14.2 Å². The molecular weight excluding hydrogens is 259 g/mol. The number of aliphatic hydroxyl groups is 1. The number of halogens is 1. The average Bonchev–Trinajstić information content (AvgIpc) is 2.30. The summed E-state index contributed by atoms with van der Waals surface area (Å²) < 4.78 is 19.3. The molecule has 1 unspecified atom stereocenters. The maximum Gasteiger partial charge on any atom is 0.167 e. The number of ether oxygens (including phenoxy) is 1. The molecule has 1 atom stereocenters. The molecule has 0 spiro atoms. The Morgan fingerprint density at radius 3 is 2.75 bits per heavy atom. The Balaban J connectivity index is 2.31. The minimum absolute atomic E-state index is 0.106. The second kappa shape index (κ2) is 5.48. The van der Waals surface area contributed by atoms with Gasteiger partial charge in [0.05, 0.1) is 23.1 Å². The van der Waals surface area contributed by atoms with Gasteiger partial charge in [0, 0.05) is 25.2 Å². The Hall–Kier alpha value is -1.49. The van der Waals surface area contributed by atoms with E-state index in [9.17, 15) is 9.50 Å². The van der Waals surface area contributed by atoms with Crippen molar-refractivity contribution in [3.63, 3.8) is 0 Å². The highest BCUT2D eigenvalue weighted by molar-refractivity contribution is 5.70. The largest absolute Gasteiger partial charge is 0.488 e. The van der Waals surface area contributed by atoms with Crippen LogP contribution < -0.4 is 15.4 Å². The van der Waals surface area contributed by atoms with Crippen LogP contribution in [0.1, 0.15) is 33.6 Å². The molecular formula is C15H23FN2O2. The number of hydrogen-bond acceptors (Lipinski definition) is 4. The second-order valence-electron chi connectivity index (χ2n) is 6.03. The van der Waals surface area contributed by atoms with E-state index in [2.05, 4.69) is 0 Å². The smallest absolute Gasteiger partial charge is 0.167 e. The van der Waals surface area contributed by atoms with Gasteiger partial charge < -0.3 is 20.5 Å². The molecule has 0 amide bonds. The number of rotatable bonds is 3. The van der Waals surface area contributed by atoms with Crippen LogP contribution in [-0.4, -0.2) is 29.9 Å². The van der Waals surface area contributed by atoms with Crippen LogP contribution in [0.25, 0.3) is 0 Å². The molecule has 1 aromatic rings. The zero-order chi connectivity index (χ0) is 14.9. The molecule has 0 bridgehead atoms. The van der Waals surface area contributed by atoms with E-state index in [-0.39, 0.29) is 11.9 Å². The monoisotopic (exact) mass is 282 g/mol. The van der Waals surface area contributed by atoms with Crippen molar-refractivity contribution in [3.8, 4) is 5.75 Å². The SMILES string of the molecule is CC(C)Oc1cc(N2CCCC(C)(O)C2)c(N)cc1F. The minimum Gasteiger partial charge on any atom is -0.488 e. The Morgan fingerprint density at radius 2 is 2.15 bits per heavy atom. The predicted octanol–water partition coefficient (Wildman–Crippen LogP) is 2.55. The van der Waals surface area contributed by atoms with Crippen molar-refractivity contribution in [2.24, 2.45) is 0 Å². The summed E-state index contributed by atoms with van der Waals surface area (Å²) in [6.07, 6.45) is 1.54. The summed E-state index contributed by atoms with van der Waals surface area (Å²) in [5.41, 5.74) is 6.28. The molecule has 1 aliphatic heterocycles. The molecule has 0 radical (unpaired) electrons. The number of β-amino-alcohol motifs (C(OH)–C–C–N with tert-alkyl or cyclic N) is 1. The van der Waals surface area contributed by atoms with E-state index in [0.29, 0.717) is 12.2 Å². The number of hydrogen-bond donors (Lipinski definition) is 2. The van der Waals surface area contributed by atoms with Gasteiger partial charge in [-0.1, -0.05) is 0 Å². The van der Waals surface area contributed by atoms with Crippen LogP contribution in [-0.2, 0) is 0 Å². The first-order chi connectivity index (χ1) is 9.28. The Labute approximate surface area is 119 Å². The molecule has 3 N–H and O–H groups in total.